The molecule has 1 amide bonds. The maximum atomic E-state index is 12.4. The molecule has 0 aromatic carbocycles. The minimum atomic E-state index is -0.438. The Morgan fingerprint density at radius 1 is 1.50 bits per heavy atom. The average Bonchev–Trinajstić information content (AvgIpc) is 3.35. The summed E-state index contributed by atoms with van der Waals surface area (Å²) in [6.07, 6.45) is 2.64. The zero-order chi connectivity index (χ0) is 19.5. The van der Waals surface area contributed by atoms with Crippen LogP contribution in [0.1, 0.15) is 28.2 Å². The molecular weight excluding hydrogens is 380 g/mol. The number of rotatable bonds is 6. The Bertz CT molecular complexity index is 1060. The number of carbonyl (C=O) groups is 1. The highest BCUT2D eigenvalue weighted by atomic mass is 32.1. The van der Waals surface area contributed by atoms with E-state index in [4.69, 9.17) is 9.47 Å². The Morgan fingerprint density at radius 3 is 3.21 bits per heavy atom. The van der Waals surface area contributed by atoms with Gasteiger partial charge in [-0.25, -0.2) is 9.97 Å². The van der Waals surface area contributed by atoms with Crippen molar-refractivity contribution in [2.75, 3.05) is 19.8 Å². The third-order valence-electron chi connectivity index (χ3n) is 4.59. The van der Waals surface area contributed by atoms with Crippen molar-refractivity contribution in [1.82, 2.24) is 20.3 Å². The summed E-state index contributed by atoms with van der Waals surface area (Å²) in [7, 11) is 0. The summed E-state index contributed by atoms with van der Waals surface area (Å²) in [4.78, 5) is 36.2. The number of ether oxygens (including phenoxy) is 2. The van der Waals surface area contributed by atoms with Crippen molar-refractivity contribution >= 4 is 27.5 Å². The highest BCUT2D eigenvalue weighted by Gasteiger charge is 2.17. The predicted octanol–water partition coefficient (Wildman–Crippen LogP) is 2.03. The second-order valence-corrected chi connectivity index (χ2v) is 7.60. The molecule has 1 saturated heterocycles. The quantitative estimate of drug-likeness (QED) is 0.656. The minimum Gasteiger partial charge on any atom is -0.477 e. The molecule has 1 unspecified atom stereocenters. The number of aromatic amines is 1. The van der Waals surface area contributed by atoms with E-state index in [2.05, 4.69) is 20.3 Å². The van der Waals surface area contributed by atoms with Crippen molar-refractivity contribution in [1.29, 1.82) is 0 Å². The fourth-order valence-electron chi connectivity index (χ4n) is 3.02. The van der Waals surface area contributed by atoms with E-state index in [0.29, 0.717) is 28.6 Å². The molecule has 0 spiro atoms. The number of hydrogen-bond acceptors (Lipinski definition) is 7. The third kappa shape index (κ3) is 4.05. The molecule has 3 aromatic heterocycles. The van der Waals surface area contributed by atoms with E-state index >= 15 is 0 Å². The van der Waals surface area contributed by atoms with Gasteiger partial charge in [-0.2, -0.15) is 0 Å². The molecule has 4 rings (SSSR count). The molecule has 2 N–H and O–H groups in total. The van der Waals surface area contributed by atoms with Gasteiger partial charge < -0.3 is 19.8 Å². The van der Waals surface area contributed by atoms with E-state index in [1.807, 2.05) is 12.3 Å². The number of pyridine rings is 1. The lowest BCUT2D eigenvalue weighted by atomic mass is 10.1. The van der Waals surface area contributed by atoms with Crippen LogP contribution in [0.25, 0.3) is 10.2 Å². The number of amides is 1. The third-order valence-corrected chi connectivity index (χ3v) is 5.58. The molecule has 1 aliphatic rings. The van der Waals surface area contributed by atoms with Gasteiger partial charge in [-0.3, -0.25) is 9.59 Å². The van der Waals surface area contributed by atoms with Crippen LogP contribution in [0.5, 0.6) is 5.88 Å². The van der Waals surface area contributed by atoms with Crippen LogP contribution >= 0.6 is 11.3 Å². The molecule has 3 aromatic rings. The van der Waals surface area contributed by atoms with E-state index in [1.165, 1.54) is 11.3 Å². The van der Waals surface area contributed by atoms with Crippen LogP contribution in [0.2, 0.25) is 0 Å². The van der Waals surface area contributed by atoms with E-state index in [1.54, 1.807) is 18.3 Å². The molecule has 0 bridgehead atoms. The Kier molecular flexibility index (Phi) is 5.36. The Balaban J connectivity index is 1.39. The average molecular weight is 400 g/mol. The lowest BCUT2D eigenvalue weighted by molar-refractivity contribution is 0.0940. The predicted molar refractivity (Wildman–Crippen MR) is 105 cm³/mol. The van der Waals surface area contributed by atoms with E-state index in [9.17, 15) is 9.59 Å². The van der Waals surface area contributed by atoms with Gasteiger partial charge in [0.15, 0.2) is 0 Å². The van der Waals surface area contributed by atoms with E-state index in [0.717, 1.165) is 30.8 Å². The maximum absolute atomic E-state index is 12.4. The summed E-state index contributed by atoms with van der Waals surface area (Å²) in [6, 6.07) is 3.59. The largest absolute Gasteiger partial charge is 0.477 e. The Hall–Kier alpha value is -2.78. The molecule has 8 nitrogen and oxygen atoms in total. The number of nitrogens with one attached hydrogen (secondary N) is 2. The van der Waals surface area contributed by atoms with Crippen LogP contribution in [0.3, 0.4) is 0 Å². The summed E-state index contributed by atoms with van der Waals surface area (Å²) >= 11 is 1.35. The molecule has 0 saturated carbocycles. The highest BCUT2D eigenvalue weighted by Crippen LogP contribution is 2.20. The van der Waals surface area contributed by atoms with Crippen molar-refractivity contribution in [3.05, 3.63) is 51.0 Å². The molecule has 9 heteroatoms. The smallest absolute Gasteiger partial charge is 0.287 e. The molecule has 0 aliphatic carbocycles. The first kappa shape index (κ1) is 18.6. The highest BCUT2D eigenvalue weighted by molar-refractivity contribution is 7.16. The summed E-state index contributed by atoms with van der Waals surface area (Å²) in [5, 5.41) is 5.15. The van der Waals surface area contributed by atoms with Crippen molar-refractivity contribution < 1.29 is 14.3 Å². The van der Waals surface area contributed by atoms with Crippen LogP contribution in [0.4, 0.5) is 0 Å². The fraction of sp³-hybridized carbons (Fsp3) is 0.368. The first-order chi connectivity index (χ1) is 13.6. The second kappa shape index (κ2) is 8.07. The molecule has 4 heterocycles. The molecule has 1 fully saturated rings. The molecule has 1 aliphatic heterocycles. The Morgan fingerprint density at radius 2 is 2.39 bits per heavy atom. The van der Waals surface area contributed by atoms with Gasteiger partial charge >= 0.3 is 0 Å². The van der Waals surface area contributed by atoms with E-state index < -0.39 is 5.91 Å². The van der Waals surface area contributed by atoms with Gasteiger partial charge in [0.05, 0.1) is 18.6 Å². The first-order valence-corrected chi connectivity index (χ1v) is 9.90. The maximum Gasteiger partial charge on any atom is 0.287 e. The van der Waals surface area contributed by atoms with Gasteiger partial charge in [0.1, 0.15) is 4.83 Å². The van der Waals surface area contributed by atoms with Gasteiger partial charge in [0.25, 0.3) is 11.5 Å². The number of aryl methyl sites for hydroxylation is 1. The lowest BCUT2D eigenvalue weighted by Gasteiger charge is -2.10. The van der Waals surface area contributed by atoms with Crippen molar-refractivity contribution in [2.24, 2.45) is 5.92 Å². The number of thiophene rings is 1. The van der Waals surface area contributed by atoms with Gasteiger partial charge in [-0.05, 0) is 35.9 Å². The topological polar surface area (TPSA) is 106 Å². The normalized spacial score (nSPS) is 16.4. The number of aromatic nitrogens is 3. The van der Waals surface area contributed by atoms with Crippen LogP contribution in [-0.2, 0) is 11.3 Å². The van der Waals surface area contributed by atoms with Gasteiger partial charge in [0, 0.05) is 31.3 Å². The molecule has 146 valence electrons. The molecule has 0 radical (unpaired) electrons. The summed E-state index contributed by atoms with van der Waals surface area (Å²) in [5.74, 6) is 0.475. The lowest BCUT2D eigenvalue weighted by Crippen LogP contribution is -2.27. The summed E-state index contributed by atoms with van der Waals surface area (Å²) < 4.78 is 11.1. The van der Waals surface area contributed by atoms with Gasteiger partial charge in [-0.15, -0.1) is 11.3 Å². The van der Waals surface area contributed by atoms with Crippen LogP contribution in [0.15, 0.2) is 28.5 Å². The van der Waals surface area contributed by atoms with Crippen LogP contribution in [0, 0.1) is 12.8 Å². The summed E-state index contributed by atoms with van der Waals surface area (Å²) in [5.41, 5.74) is 1.40. The Labute approximate surface area is 164 Å². The number of H-pyrrole nitrogens is 1. The monoisotopic (exact) mass is 400 g/mol. The van der Waals surface area contributed by atoms with Crippen molar-refractivity contribution in [2.45, 2.75) is 19.9 Å². The van der Waals surface area contributed by atoms with E-state index in [-0.39, 0.29) is 17.9 Å². The first-order valence-electron chi connectivity index (χ1n) is 9.02. The zero-order valence-corrected chi connectivity index (χ0v) is 16.2. The van der Waals surface area contributed by atoms with Crippen LogP contribution < -0.4 is 15.6 Å². The SMILES string of the molecule is Cc1csc2nc(C(=O)NCc3ccnc(OCC4CCOC4)c3)[nH]c(=O)c12. The second-order valence-electron chi connectivity index (χ2n) is 6.74. The standard InChI is InChI=1S/C19H20N4O4S/c1-11-10-28-19-15(11)17(24)22-16(23-19)18(25)21-7-12-2-4-20-14(6-12)27-9-13-3-5-26-8-13/h2,4,6,10,13H,3,5,7-9H2,1H3,(H,21,25)(H,22,23,24). The number of carbonyl (C=O) groups excluding carboxylic acids is 1. The van der Waals surface area contributed by atoms with Gasteiger partial charge in [0.2, 0.25) is 11.7 Å². The molecule has 1 atom stereocenters. The molecular formula is C19H20N4O4S. The zero-order valence-electron chi connectivity index (χ0n) is 15.4. The minimum absolute atomic E-state index is 0.00566. The number of hydrogen-bond donors (Lipinski definition) is 2. The number of nitrogens with zero attached hydrogens (tertiary/aromatic N) is 2. The fourth-order valence-corrected chi connectivity index (χ4v) is 3.94. The number of fused-ring (bicyclic) bond motifs is 1. The summed E-state index contributed by atoms with van der Waals surface area (Å²) in [6.45, 7) is 4.18. The van der Waals surface area contributed by atoms with Gasteiger partial charge in [-0.1, -0.05) is 0 Å². The van der Waals surface area contributed by atoms with Crippen LogP contribution in [-0.4, -0.2) is 40.7 Å². The van der Waals surface area contributed by atoms with Crippen molar-refractivity contribution in [3.8, 4) is 5.88 Å². The molecule has 28 heavy (non-hydrogen) atoms. The van der Waals surface area contributed by atoms with Crippen molar-refractivity contribution in [3.63, 3.8) is 0 Å².